The zero-order chi connectivity index (χ0) is 16.9. The van der Waals surface area contributed by atoms with E-state index in [0.717, 1.165) is 24.2 Å². The van der Waals surface area contributed by atoms with E-state index in [-0.39, 0.29) is 12.2 Å². The van der Waals surface area contributed by atoms with Crippen LogP contribution in [0.1, 0.15) is 78.6 Å². The Labute approximate surface area is 147 Å². The van der Waals surface area contributed by atoms with Gasteiger partial charge in [-0.3, -0.25) is 0 Å². The summed E-state index contributed by atoms with van der Waals surface area (Å²) in [5, 5.41) is 20.8. The Hall–Kier alpha value is -0.0800. The van der Waals surface area contributed by atoms with E-state index >= 15 is 0 Å². The van der Waals surface area contributed by atoms with Gasteiger partial charge in [-0.05, 0) is 111 Å². The molecule has 5 fully saturated rings. The molecule has 5 saturated carbocycles. The lowest BCUT2D eigenvalue weighted by molar-refractivity contribution is -0.140. The largest absolute Gasteiger partial charge is 0.393 e. The second-order valence-electron chi connectivity index (χ2n) is 10.9. The number of rotatable bonds is 1. The molecule has 0 aromatic rings. The van der Waals surface area contributed by atoms with Crippen LogP contribution in [0.5, 0.6) is 0 Å². The maximum atomic E-state index is 10.4. The van der Waals surface area contributed by atoms with Crippen molar-refractivity contribution in [3.05, 3.63) is 0 Å². The summed E-state index contributed by atoms with van der Waals surface area (Å²) >= 11 is 0. The van der Waals surface area contributed by atoms with Crippen molar-refractivity contribution in [1.29, 1.82) is 0 Å². The predicted octanol–water partition coefficient (Wildman–Crippen LogP) is 4.39. The summed E-state index contributed by atoms with van der Waals surface area (Å²) < 4.78 is 0. The van der Waals surface area contributed by atoms with E-state index in [2.05, 4.69) is 13.8 Å². The maximum absolute atomic E-state index is 10.4. The molecular weight excluding hydrogens is 296 g/mol. The van der Waals surface area contributed by atoms with Crippen molar-refractivity contribution >= 4 is 0 Å². The molecule has 2 N–H and O–H groups in total. The van der Waals surface area contributed by atoms with Crippen LogP contribution in [0.3, 0.4) is 0 Å². The minimum Gasteiger partial charge on any atom is -0.393 e. The number of aliphatic hydroxyl groups excluding tert-OH is 2. The fourth-order valence-corrected chi connectivity index (χ4v) is 9.26. The first kappa shape index (κ1) is 16.1. The highest BCUT2D eigenvalue weighted by molar-refractivity contribution is 5.22. The highest BCUT2D eigenvalue weighted by Crippen LogP contribution is 2.79. The van der Waals surface area contributed by atoms with Crippen LogP contribution in [-0.2, 0) is 0 Å². The summed E-state index contributed by atoms with van der Waals surface area (Å²) in [7, 11) is 0. The molecule has 136 valence electrons. The molecule has 0 aromatic heterocycles. The Kier molecular flexibility index (Phi) is 3.22. The van der Waals surface area contributed by atoms with Crippen LogP contribution in [0.15, 0.2) is 0 Å². The zero-order valence-corrected chi connectivity index (χ0v) is 15.8. The molecule has 0 bridgehead atoms. The van der Waals surface area contributed by atoms with E-state index in [0.29, 0.717) is 28.1 Å². The quantitative estimate of drug-likeness (QED) is 0.748. The molecule has 2 nitrogen and oxygen atoms in total. The number of hydrogen-bond acceptors (Lipinski definition) is 2. The van der Waals surface area contributed by atoms with E-state index in [1.54, 1.807) is 0 Å². The second kappa shape index (κ2) is 4.80. The minimum atomic E-state index is -0.139. The molecule has 0 heterocycles. The molecule has 0 amide bonds. The van der Waals surface area contributed by atoms with Crippen molar-refractivity contribution in [3.8, 4) is 0 Å². The Balaban J connectivity index is 1.47. The van der Waals surface area contributed by atoms with Gasteiger partial charge in [0.2, 0.25) is 0 Å². The molecular formula is C22H36O2. The molecule has 5 aliphatic rings. The van der Waals surface area contributed by atoms with Crippen LogP contribution >= 0.6 is 0 Å². The molecule has 2 heteroatoms. The van der Waals surface area contributed by atoms with Crippen molar-refractivity contribution in [2.24, 2.45) is 45.8 Å². The summed E-state index contributed by atoms with van der Waals surface area (Å²) in [6.45, 7) is 7.15. The van der Waals surface area contributed by atoms with Crippen LogP contribution in [0.4, 0.5) is 0 Å². The fraction of sp³-hybridized carbons (Fsp3) is 1.00. The molecule has 5 rings (SSSR count). The maximum Gasteiger partial charge on any atom is 0.0574 e. The van der Waals surface area contributed by atoms with E-state index in [4.69, 9.17) is 0 Å². The van der Waals surface area contributed by atoms with Gasteiger partial charge in [0, 0.05) is 0 Å². The topological polar surface area (TPSA) is 40.5 Å². The van der Waals surface area contributed by atoms with Crippen molar-refractivity contribution in [1.82, 2.24) is 0 Å². The van der Waals surface area contributed by atoms with Crippen LogP contribution < -0.4 is 0 Å². The number of fused-ring (bicyclic) bond motifs is 4. The Morgan fingerprint density at radius 2 is 1.67 bits per heavy atom. The third-order valence-corrected chi connectivity index (χ3v) is 10.5. The lowest BCUT2D eigenvalue weighted by atomic mass is 9.43. The van der Waals surface area contributed by atoms with Gasteiger partial charge >= 0.3 is 0 Å². The molecule has 1 spiro atoms. The van der Waals surface area contributed by atoms with Crippen LogP contribution in [0.25, 0.3) is 0 Å². The van der Waals surface area contributed by atoms with Gasteiger partial charge in [-0.15, -0.1) is 0 Å². The van der Waals surface area contributed by atoms with Crippen LogP contribution in [-0.4, -0.2) is 22.4 Å². The summed E-state index contributed by atoms with van der Waals surface area (Å²) in [5.41, 5.74) is 1.37. The average Bonchev–Trinajstić information content (AvgIpc) is 3.17. The number of aliphatic hydroxyl groups is 2. The lowest BCUT2D eigenvalue weighted by Gasteiger charge is -2.61. The highest BCUT2D eigenvalue weighted by atomic mass is 16.3. The molecule has 24 heavy (non-hydrogen) atoms. The lowest BCUT2D eigenvalue weighted by Crippen LogP contribution is -2.55. The Morgan fingerprint density at radius 1 is 0.875 bits per heavy atom. The molecule has 0 saturated heterocycles. The van der Waals surface area contributed by atoms with E-state index in [1.807, 2.05) is 6.92 Å². The van der Waals surface area contributed by atoms with E-state index < -0.39 is 0 Å². The normalized spacial score (nSPS) is 62.9. The first-order valence-electron chi connectivity index (χ1n) is 10.7. The molecule has 10 atom stereocenters. The van der Waals surface area contributed by atoms with E-state index in [1.165, 1.54) is 51.4 Å². The second-order valence-corrected chi connectivity index (χ2v) is 10.9. The van der Waals surface area contributed by atoms with Crippen molar-refractivity contribution in [2.75, 3.05) is 0 Å². The van der Waals surface area contributed by atoms with Gasteiger partial charge in [0.25, 0.3) is 0 Å². The number of hydrogen-bond donors (Lipinski definition) is 2. The van der Waals surface area contributed by atoms with Crippen LogP contribution in [0.2, 0.25) is 0 Å². The first-order chi connectivity index (χ1) is 11.3. The fourth-order valence-electron chi connectivity index (χ4n) is 9.26. The summed E-state index contributed by atoms with van der Waals surface area (Å²) in [6, 6.07) is 0. The van der Waals surface area contributed by atoms with E-state index in [9.17, 15) is 10.2 Å². The molecule has 5 aliphatic carbocycles. The monoisotopic (exact) mass is 332 g/mol. The minimum absolute atomic E-state index is 0.00502. The van der Waals surface area contributed by atoms with Crippen molar-refractivity contribution < 1.29 is 10.2 Å². The molecule has 0 unspecified atom stereocenters. The van der Waals surface area contributed by atoms with Crippen molar-refractivity contribution in [3.63, 3.8) is 0 Å². The third kappa shape index (κ3) is 1.71. The average molecular weight is 333 g/mol. The molecule has 0 aliphatic heterocycles. The van der Waals surface area contributed by atoms with Gasteiger partial charge in [-0.1, -0.05) is 13.8 Å². The van der Waals surface area contributed by atoms with Crippen LogP contribution in [0, 0.1) is 45.8 Å². The summed E-state index contributed by atoms with van der Waals surface area (Å²) in [5.74, 6) is 3.76. The summed E-state index contributed by atoms with van der Waals surface area (Å²) in [4.78, 5) is 0. The van der Waals surface area contributed by atoms with Crippen molar-refractivity contribution in [2.45, 2.75) is 90.8 Å². The van der Waals surface area contributed by atoms with Gasteiger partial charge in [0.1, 0.15) is 0 Å². The Bertz CT molecular complexity index is 544. The zero-order valence-electron chi connectivity index (χ0n) is 15.8. The Morgan fingerprint density at radius 3 is 2.42 bits per heavy atom. The van der Waals surface area contributed by atoms with Gasteiger partial charge in [-0.25, -0.2) is 0 Å². The molecule has 0 aromatic carbocycles. The third-order valence-electron chi connectivity index (χ3n) is 10.5. The summed E-state index contributed by atoms with van der Waals surface area (Å²) in [6.07, 6.45) is 11.5. The standard InChI is InChI=1S/C22H36O2/c1-13(23)15-4-5-16-14-6-11-22-12-18(22)19(24)8-10-21(22,3)17(14)7-9-20(15,16)2/h13-19,23-24H,4-12H2,1-3H3/t13-,14+,15-,16+,17+,18-,19-,20-,21-,22-/m1/s1. The predicted molar refractivity (Wildman–Crippen MR) is 95.3 cm³/mol. The highest BCUT2D eigenvalue weighted by Gasteiger charge is 2.73. The molecule has 0 radical (unpaired) electrons. The SMILES string of the molecule is C[C@@H](O)[C@H]1CC[C@H]2[C@@H]3CC[C@@]45C[C@@H]4[C@H](O)CC[C@]5(C)[C@H]3CC[C@]12C. The first-order valence-corrected chi connectivity index (χ1v) is 10.7. The van der Waals surface area contributed by atoms with Gasteiger partial charge in [0.15, 0.2) is 0 Å². The van der Waals surface area contributed by atoms with Gasteiger partial charge in [0.05, 0.1) is 12.2 Å². The van der Waals surface area contributed by atoms with Gasteiger partial charge < -0.3 is 10.2 Å². The smallest absolute Gasteiger partial charge is 0.0574 e. The van der Waals surface area contributed by atoms with Gasteiger partial charge in [-0.2, -0.15) is 0 Å².